The number of benzene rings is 1. The Labute approximate surface area is 100 Å². The molecule has 2 aliphatic heterocycles. The van der Waals surface area contributed by atoms with E-state index in [-0.39, 0.29) is 18.0 Å². The van der Waals surface area contributed by atoms with Gasteiger partial charge in [-0.05, 0) is 6.07 Å². The highest BCUT2D eigenvalue weighted by atomic mass is 16.5. The first-order valence-electron chi connectivity index (χ1n) is 6.02. The van der Waals surface area contributed by atoms with Crippen LogP contribution in [0.4, 0.5) is 0 Å². The summed E-state index contributed by atoms with van der Waals surface area (Å²) in [5.41, 5.74) is 6.96. The van der Waals surface area contributed by atoms with Crippen molar-refractivity contribution in [2.24, 2.45) is 5.73 Å². The molecule has 90 valence electrons. The fourth-order valence-electron chi connectivity index (χ4n) is 2.71. The Balaban J connectivity index is 1.93. The van der Waals surface area contributed by atoms with Crippen LogP contribution in [0.2, 0.25) is 0 Å². The SMILES string of the molecule is NC1CC(=O)N(C2CCOc3ccccc32)C1. The zero-order valence-electron chi connectivity index (χ0n) is 9.63. The molecule has 1 fully saturated rings. The van der Waals surface area contributed by atoms with Crippen LogP contribution in [0.3, 0.4) is 0 Å². The second-order valence-corrected chi connectivity index (χ2v) is 4.70. The molecule has 2 N–H and O–H groups in total. The van der Waals surface area contributed by atoms with Crippen molar-refractivity contribution in [3.8, 4) is 5.75 Å². The standard InChI is InChI=1S/C13H16N2O2/c14-9-7-13(16)15(8-9)11-5-6-17-12-4-2-1-3-10(11)12/h1-4,9,11H,5-8,14H2. The molecule has 17 heavy (non-hydrogen) atoms. The van der Waals surface area contributed by atoms with E-state index in [4.69, 9.17) is 10.5 Å². The third-order valence-corrected chi connectivity index (χ3v) is 3.49. The summed E-state index contributed by atoms with van der Waals surface area (Å²) in [4.78, 5) is 13.8. The number of hydrogen-bond acceptors (Lipinski definition) is 3. The Bertz CT molecular complexity index is 447. The van der Waals surface area contributed by atoms with Crippen molar-refractivity contribution in [1.29, 1.82) is 0 Å². The third-order valence-electron chi connectivity index (χ3n) is 3.49. The van der Waals surface area contributed by atoms with Gasteiger partial charge < -0.3 is 15.4 Å². The number of rotatable bonds is 1. The maximum Gasteiger partial charge on any atom is 0.224 e. The summed E-state index contributed by atoms with van der Waals surface area (Å²) in [6.07, 6.45) is 1.33. The lowest BCUT2D eigenvalue weighted by Gasteiger charge is -2.33. The third kappa shape index (κ3) is 1.78. The zero-order chi connectivity index (χ0) is 11.8. The number of hydrogen-bond donors (Lipinski definition) is 1. The maximum absolute atomic E-state index is 11.9. The highest BCUT2D eigenvalue weighted by Gasteiger charge is 2.35. The molecule has 0 radical (unpaired) electrons. The Morgan fingerprint density at radius 2 is 2.18 bits per heavy atom. The molecule has 3 rings (SSSR count). The number of nitrogens with two attached hydrogens (primary N) is 1. The number of likely N-dealkylation sites (tertiary alicyclic amines) is 1. The van der Waals surface area contributed by atoms with Gasteiger partial charge in [0.05, 0.1) is 12.6 Å². The Morgan fingerprint density at radius 1 is 1.35 bits per heavy atom. The number of nitrogens with zero attached hydrogens (tertiary/aromatic N) is 1. The molecule has 1 aromatic rings. The zero-order valence-corrected chi connectivity index (χ0v) is 9.63. The van der Waals surface area contributed by atoms with E-state index in [1.807, 2.05) is 29.2 Å². The Morgan fingerprint density at radius 3 is 2.94 bits per heavy atom. The summed E-state index contributed by atoms with van der Waals surface area (Å²) in [6, 6.07) is 8.07. The van der Waals surface area contributed by atoms with E-state index in [0.29, 0.717) is 19.6 Å². The summed E-state index contributed by atoms with van der Waals surface area (Å²) in [6.45, 7) is 1.33. The molecule has 2 atom stereocenters. The van der Waals surface area contributed by atoms with E-state index < -0.39 is 0 Å². The summed E-state index contributed by atoms with van der Waals surface area (Å²) in [7, 11) is 0. The molecule has 0 bridgehead atoms. The average Bonchev–Trinajstić information content (AvgIpc) is 2.68. The molecule has 0 spiro atoms. The molecule has 1 amide bonds. The number of ether oxygens (including phenoxy) is 1. The van der Waals surface area contributed by atoms with Crippen LogP contribution < -0.4 is 10.5 Å². The first-order chi connectivity index (χ1) is 8.25. The molecular weight excluding hydrogens is 216 g/mol. The predicted molar refractivity (Wildman–Crippen MR) is 63.6 cm³/mol. The molecular formula is C13H16N2O2. The minimum Gasteiger partial charge on any atom is -0.493 e. The van der Waals surface area contributed by atoms with Gasteiger partial charge in [-0.1, -0.05) is 18.2 Å². The van der Waals surface area contributed by atoms with Gasteiger partial charge in [0.15, 0.2) is 0 Å². The van der Waals surface area contributed by atoms with Gasteiger partial charge in [0.2, 0.25) is 5.91 Å². The van der Waals surface area contributed by atoms with Crippen molar-refractivity contribution in [3.63, 3.8) is 0 Å². The molecule has 2 heterocycles. The number of fused-ring (bicyclic) bond motifs is 1. The molecule has 1 aromatic carbocycles. The van der Waals surface area contributed by atoms with Crippen LogP contribution >= 0.6 is 0 Å². The lowest BCUT2D eigenvalue weighted by Crippen LogP contribution is -2.35. The Kier molecular flexibility index (Phi) is 2.52. The van der Waals surface area contributed by atoms with Crippen LogP contribution in [0.5, 0.6) is 5.75 Å². The molecule has 2 unspecified atom stereocenters. The molecule has 0 aliphatic carbocycles. The fraction of sp³-hybridized carbons (Fsp3) is 0.462. The van der Waals surface area contributed by atoms with Crippen LogP contribution in [0.15, 0.2) is 24.3 Å². The number of carbonyl (C=O) groups excluding carboxylic acids is 1. The van der Waals surface area contributed by atoms with E-state index in [1.54, 1.807) is 0 Å². The smallest absolute Gasteiger partial charge is 0.224 e. The first kappa shape index (κ1) is 10.6. The van der Waals surface area contributed by atoms with Gasteiger partial charge >= 0.3 is 0 Å². The van der Waals surface area contributed by atoms with E-state index >= 15 is 0 Å². The van der Waals surface area contributed by atoms with Crippen molar-refractivity contribution in [1.82, 2.24) is 4.90 Å². The van der Waals surface area contributed by atoms with Crippen molar-refractivity contribution in [2.75, 3.05) is 13.2 Å². The van der Waals surface area contributed by atoms with E-state index in [1.165, 1.54) is 0 Å². The molecule has 2 aliphatic rings. The van der Waals surface area contributed by atoms with E-state index in [9.17, 15) is 4.79 Å². The molecule has 0 saturated carbocycles. The van der Waals surface area contributed by atoms with Gasteiger partial charge in [-0.15, -0.1) is 0 Å². The molecule has 0 aromatic heterocycles. The highest BCUT2D eigenvalue weighted by Crippen LogP contribution is 2.37. The Hall–Kier alpha value is -1.55. The lowest BCUT2D eigenvalue weighted by molar-refractivity contribution is -0.130. The summed E-state index contributed by atoms with van der Waals surface area (Å²) < 4.78 is 5.61. The van der Waals surface area contributed by atoms with Crippen molar-refractivity contribution in [3.05, 3.63) is 29.8 Å². The quantitative estimate of drug-likeness (QED) is 0.788. The monoisotopic (exact) mass is 232 g/mol. The van der Waals surface area contributed by atoms with Gasteiger partial charge in [-0.3, -0.25) is 4.79 Å². The maximum atomic E-state index is 11.9. The largest absolute Gasteiger partial charge is 0.493 e. The number of amides is 1. The second kappa shape index (κ2) is 4.04. The topological polar surface area (TPSA) is 55.6 Å². The van der Waals surface area contributed by atoms with Gasteiger partial charge in [0.1, 0.15) is 5.75 Å². The van der Waals surface area contributed by atoms with Crippen LogP contribution in [-0.4, -0.2) is 30.0 Å². The van der Waals surface area contributed by atoms with Crippen LogP contribution in [0, 0.1) is 0 Å². The average molecular weight is 232 g/mol. The first-order valence-corrected chi connectivity index (χ1v) is 6.02. The summed E-state index contributed by atoms with van der Waals surface area (Å²) in [5, 5.41) is 0. The summed E-state index contributed by atoms with van der Waals surface area (Å²) in [5.74, 6) is 1.07. The van der Waals surface area contributed by atoms with E-state index in [2.05, 4.69) is 0 Å². The van der Waals surface area contributed by atoms with Gasteiger partial charge in [0.25, 0.3) is 0 Å². The molecule has 1 saturated heterocycles. The summed E-state index contributed by atoms with van der Waals surface area (Å²) >= 11 is 0. The lowest BCUT2D eigenvalue weighted by atomic mass is 9.99. The number of carbonyl (C=O) groups is 1. The van der Waals surface area contributed by atoms with Crippen molar-refractivity contribution >= 4 is 5.91 Å². The minimum atomic E-state index is -0.0162. The van der Waals surface area contributed by atoms with Crippen LogP contribution in [0.1, 0.15) is 24.4 Å². The van der Waals surface area contributed by atoms with Crippen molar-refractivity contribution in [2.45, 2.75) is 24.9 Å². The fourth-order valence-corrected chi connectivity index (χ4v) is 2.71. The molecule has 4 nitrogen and oxygen atoms in total. The second-order valence-electron chi connectivity index (χ2n) is 4.70. The number of para-hydroxylation sites is 1. The van der Waals surface area contributed by atoms with E-state index in [0.717, 1.165) is 17.7 Å². The van der Waals surface area contributed by atoms with Crippen LogP contribution in [-0.2, 0) is 4.79 Å². The van der Waals surface area contributed by atoms with Gasteiger partial charge in [-0.25, -0.2) is 0 Å². The predicted octanol–water partition coefficient (Wildman–Crippen LogP) is 1.07. The molecule has 4 heteroatoms. The minimum absolute atomic E-state index is 0.0162. The highest BCUT2D eigenvalue weighted by molar-refractivity contribution is 5.80. The normalized spacial score (nSPS) is 27.8. The van der Waals surface area contributed by atoms with Gasteiger partial charge in [-0.2, -0.15) is 0 Å². The van der Waals surface area contributed by atoms with Gasteiger partial charge in [0, 0.05) is 31.0 Å². The van der Waals surface area contributed by atoms with Crippen molar-refractivity contribution < 1.29 is 9.53 Å². The van der Waals surface area contributed by atoms with Crippen LogP contribution in [0.25, 0.3) is 0 Å².